The zero-order chi connectivity index (χ0) is 25.2. The van der Waals surface area contributed by atoms with Gasteiger partial charge in [-0.25, -0.2) is 4.68 Å². The second-order valence-electron chi connectivity index (χ2n) is 9.50. The molecule has 0 bridgehead atoms. The molecule has 0 radical (unpaired) electrons. The van der Waals surface area contributed by atoms with Crippen molar-refractivity contribution in [2.24, 2.45) is 0 Å². The third-order valence-electron chi connectivity index (χ3n) is 7.42. The van der Waals surface area contributed by atoms with E-state index in [1.165, 1.54) is 45.1 Å². The van der Waals surface area contributed by atoms with Crippen LogP contribution in [0.4, 0.5) is 0 Å². The number of hydrogen-bond donors (Lipinski definition) is 0. The van der Waals surface area contributed by atoms with Crippen LogP contribution >= 0.6 is 0 Å². The standard InChI is InChI=1S/C27H33N7.CH4/c28-21-23-11-13-24(14-12-23)26(33-19-17-32(18-20-33)25-9-5-2-6-10-25)27-29-30-31-34(27)16-15-22-7-3-1-4-8-22;/h1,3-4,7-8,11-14,25-26H,2,5-6,9-10,15-20H2;1H4/i;1D. The van der Waals surface area contributed by atoms with E-state index < -0.39 is 0 Å². The largest absolute Gasteiger partial charge is 0.298 e. The molecule has 1 aliphatic carbocycles. The Balaban J connectivity index is 0.00000148. The average molecular weight is 473 g/mol. The highest BCUT2D eigenvalue weighted by molar-refractivity contribution is 5.35. The maximum absolute atomic E-state index is 9.27. The fraction of sp³-hybridized carbons (Fsp3) is 0.500. The molecular formula is C28H37N7. The lowest BCUT2D eigenvalue weighted by molar-refractivity contribution is 0.0619. The Hall–Kier alpha value is -3.08. The van der Waals surface area contributed by atoms with Gasteiger partial charge in [0, 0.05) is 40.1 Å². The molecule has 1 saturated carbocycles. The summed E-state index contributed by atoms with van der Waals surface area (Å²) < 4.78 is 7.71. The topological polar surface area (TPSA) is 73.9 Å². The van der Waals surface area contributed by atoms with Crippen molar-refractivity contribution < 1.29 is 1.37 Å². The van der Waals surface area contributed by atoms with Crippen LogP contribution in [-0.4, -0.2) is 62.2 Å². The van der Waals surface area contributed by atoms with Crippen LogP contribution < -0.4 is 0 Å². The summed E-state index contributed by atoms with van der Waals surface area (Å²) in [5.74, 6) is 0.881. The van der Waals surface area contributed by atoms with Gasteiger partial charge < -0.3 is 0 Å². The summed E-state index contributed by atoms with van der Waals surface area (Å²) in [7, 11) is 1.25. The van der Waals surface area contributed by atoms with Crippen LogP contribution in [0.15, 0.2) is 54.6 Å². The lowest BCUT2D eigenvalue weighted by atomic mass is 9.93. The zero-order valence-electron chi connectivity index (χ0n) is 21.8. The first-order valence-electron chi connectivity index (χ1n) is 13.6. The smallest absolute Gasteiger partial charge is 0.173 e. The Labute approximate surface area is 210 Å². The Kier molecular flexibility index (Phi) is 8.15. The van der Waals surface area contributed by atoms with Gasteiger partial charge in [-0.05, 0) is 52.9 Å². The van der Waals surface area contributed by atoms with E-state index in [0.717, 1.165) is 56.6 Å². The molecule has 3 aromatic rings. The highest BCUT2D eigenvalue weighted by atomic mass is 15.6. The van der Waals surface area contributed by atoms with E-state index in [1.807, 2.05) is 22.9 Å². The van der Waals surface area contributed by atoms with E-state index in [-0.39, 0.29) is 6.04 Å². The molecule has 2 fully saturated rings. The molecule has 1 aliphatic heterocycles. The van der Waals surface area contributed by atoms with E-state index in [1.54, 1.807) is 0 Å². The highest BCUT2D eigenvalue weighted by Crippen LogP contribution is 2.30. The molecule has 0 spiro atoms. The van der Waals surface area contributed by atoms with E-state index >= 15 is 0 Å². The van der Waals surface area contributed by atoms with Crippen LogP contribution in [0.2, 0.25) is 0 Å². The molecule has 184 valence electrons. The van der Waals surface area contributed by atoms with Crippen molar-refractivity contribution in [3.63, 3.8) is 0 Å². The maximum atomic E-state index is 9.27. The van der Waals surface area contributed by atoms with Crippen molar-refractivity contribution in [2.75, 3.05) is 26.2 Å². The summed E-state index contributed by atoms with van der Waals surface area (Å²) in [6.07, 6.45) is 7.70. The van der Waals surface area contributed by atoms with Crippen molar-refractivity contribution in [1.29, 1.82) is 5.26 Å². The average Bonchev–Trinajstić information content (AvgIpc) is 3.43. The van der Waals surface area contributed by atoms with Crippen molar-refractivity contribution in [3.05, 3.63) is 77.1 Å². The summed E-state index contributed by atoms with van der Waals surface area (Å²) in [5.41, 5.74) is 3.09. The van der Waals surface area contributed by atoms with Gasteiger partial charge in [-0.3, -0.25) is 9.80 Å². The molecule has 0 N–H and O–H groups in total. The van der Waals surface area contributed by atoms with Crippen molar-refractivity contribution in [3.8, 4) is 6.07 Å². The van der Waals surface area contributed by atoms with Crippen molar-refractivity contribution in [2.45, 2.75) is 64.6 Å². The third-order valence-corrected chi connectivity index (χ3v) is 7.42. The summed E-state index contributed by atoms with van der Waals surface area (Å²) in [6.45, 7) is 4.90. The Morgan fingerprint density at radius 1 is 0.971 bits per heavy atom. The number of rotatable bonds is 7. The predicted octanol–water partition coefficient (Wildman–Crippen LogP) is 4.46. The second kappa shape index (κ2) is 12.1. The summed E-state index contributed by atoms with van der Waals surface area (Å²) in [6, 6.07) is 21.4. The van der Waals surface area contributed by atoms with Gasteiger partial charge in [0.25, 0.3) is 0 Å². The third kappa shape index (κ3) is 5.95. The first-order valence-corrected chi connectivity index (χ1v) is 12.6. The van der Waals surface area contributed by atoms with Crippen LogP contribution in [0, 0.1) is 11.3 Å². The monoisotopic (exact) mass is 472 g/mol. The van der Waals surface area contributed by atoms with Gasteiger partial charge in [-0.15, -0.1) is 5.10 Å². The van der Waals surface area contributed by atoms with Gasteiger partial charge in [-0.2, -0.15) is 5.26 Å². The van der Waals surface area contributed by atoms with Gasteiger partial charge >= 0.3 is 0 Å². The van der Waals surface area contributed by atoms with Crippen molar-refractivity contribution in [1.82, 2.24) is 30.0 Å². The molecule has 1 saturated heterocycles. The molecule has 35 heavy (non-hydrogen) atoms. The SMILES string of the molecule is N#Cc1ccc(C(c2nnnn2CCc2ccccc2)N2CCN(C3CCCCC3)CC2)cc1.[2H]C. The summed E-state index contributed by atoms with van der Waals surface area (Å²) >= 11 is 0. The first kappa shape index (κ1) is 23.7. The van der Waals surface area contributed by atoms with Gasteiger partial charge in [-0.1, -0.05) is 69.1 Å². The van der Waals surface area contributed by atoms with Crippen LogP contribution in [-0.2, 0) is 13.0 Å². The predicted molar refractivity (Wildman–Crippen MR) is 138 cm³/mol. The minimum absolute atomic E-state index is 0.0213. The lowest BCUT2D eigenvalue weighted by Gasteiger charge is -2.43. The Morgan fingerprint density at radius 2 is 1.69 bits per heavy atom. The fourth-order valence-electron chi connectivity index (χ4n) is 5.52. The molecule has 2 aromatic carbocycles. The van der Waals surface area contributed by atoms with E-state index in [9.17, 15) is 5.26 Å². The van der Waals surface area contributed by atoms with Gasteiger partial charge in [0.1, 0.15) is 0 Å². The quantitative estimate of drug-likeness (QED) is 0.505. The number of hydrogen-bond acceptors (Lipinski definition) is 6. The fourth-order valence-corrected chi connectivity index (χ4v) is 5.52. The van der Waals surface area contributed by atoms with Crippen LogP contribution in [0.1, 0.15) is 69.4 Å². The van der Waals surface area contributed by atoms with E-state index in [4.69, 9.17) is 1.37 Å². The Bertz CT molecular complexity index is 1080. The molecule has 2 heterocycles. The number of aryl methyl sites for hydroxylation is 2. The molecular weight excluding hydrogens is 434 g/mol. The molecule has 1 aromatic heterocycles. The molecule has 0 amide bonds. The van der Waals surface area contributed by atoms with Crippen LogP contribution in [0.5, 0.6) is 0 Å². The van der Waals surface area contributed by atoms with Crippen molar-refractivity contribution >= 4 is 0 Å². The Morgan fingerprint density at radius 3 is 2.37 bits per heavy atom. The molecule has 5 rings (SSSR count). The van der Waals surface area contributed by atoms with Gasteiger partial charge in [0.15, 0.2) is 5.82 Å². The molecule has 1 atom stereocenters. The minimum atomic E-state index is -0.0213. The molecule has 2 aliphatic rings. The number of benzene rings is 2. The molecule has 1 unspecified atom stereocenters. The molecule has 7 nitrogen and oxygen atoms in total. The van der Waals surface area contributed by atoms with E-state index in [0.29, 0.717) is 5.56 Å². The van der Waals surface area contributed by atoms with E-state index in [2.05, 4.69) is 67.8 Å². The maximum Gasteiger partial charge on any atom is 0.173 e. The second-order valence-corrected chi connectivity index (χ2v) is 9.50. The minimum Gasteiger partial charge on any atom is -0.298 e. The summed E-state index contributed by atoms with van der Waals surface area (Å²) in [5, 5.41) is 22.2. The molecule has 7 heteroatoms. The normalized spacial score (nSPS) is 18.7. The first-order chi connectivity index (χ1) is 17.8. The van der Waals surface area contributed by atoms with Gasteiger partial charge in [0.05, 0.1) is 17.7 Å². The number of nitrogens with zero attached hydrogens (tertiary/aromatic N) is 7. The van der Waals surface area contributed by atoms with Crippen LogP contribution in [0.25, 0.3) is 0 Å². The number of nitriles is 1. The number of aromatic nitrogens is 4. The number of piperazine rings is 1. The highest BCUT2D eigenvalue weighted by Gasteiger charge is 2.32. The zero-order valence-corrected chi connectivity index (χ0v) is 20.8. The lowest BCUT2D eigenvalue weighted by Crippen LogP contribution is -2.52. The van der Waals surface area contributed by atoms with Crippen LogP contribution in [0.3, 0.4) is 0 Å². The number of tetrazole rings is 1. The summed E-state index contributed by atoms with van der Waals surface area (Å²) in [4.78, 5) is 5.22. The van der Waals surface area contributed by atoms with Gasteiger partial charge in [0.2, 0.25) is 0 Å².